The molecule has 1 aromatic heterocycles. The van der Waals surface area contributed by atoms with E-state index in [-0.39, 0.29) is 11.8 Å². The molecule has 0 N–H and O–H groups in total. The van der Waals surface area contributed by atoms with Crippen molar-refractivity contribution in [3.8, 4) is 6.07 Å². The molecule has 0 aromatic carbocycles. The largest absolute Gasteiger partial charge is 0.464 e. The molecule has 0 saturated carbocycles. The highest BCUT2D eigenvalue weighted by Crippen LogP contribution is 2.20. The number of hydrogen-bond acceptors (Lipinski definition) is 3. The van der Waals surface area contributed by atoms with Gasteiger partial charge in [0.25, 0.3) is 0 Å². The zero-order valence-corrected chi connectivity index (χ0v) is 8.56. The average molecular weight is 204 g/mol. The summed E-state index contributed by atoms with van der Waals surface area (Å²) in [7, 11) is 0. The quantitative estimate of drug-likeness (QED) is 0.732. The molecule has 1 aromatic rings. The van der Waals surface area contributed by atoms with Gasteiger partial charge in [0.1, 0.15) is 11.5 Å². The Morgan fingerprint density at radius 1 is 1.67 bits per heavy atom. The van der Waals surface area contributed by atoms with E-state index in [1.54, 1.807) is 4.90 Å². The van der Waals surface area contributed by atoms with Crippen molar-refractivity contribution in [1.82, 2.24) is 4.90 Å². The molecule has 2 heterocycles. The number of rotatable bonds is 2. The van der Waals surface area contributed by atoms with Crippen molar-refractivity contribution in [2.24, 2.45) is 5.92 Å². The Morgan fingerprint density at radius 3 is 3.00 bits per heavy atom. The van der Waals surface area contributed by atoms with Gasteiger partial charge < -0.3 is 9.32 Å². The van der Waals surface area contributed by atoms with E-state index in [2.05, 4.69) is 6.07 Å². The summed E-state index contributed by atoms with van der Waals surface area (Å²) < 4.78 is 5.39. The number of nitrogens with zero attached hydrogens (tertiary/aromatic N) is 2. The molecule has 0 radical (unpaired) electrons. The zero-order valence-electron chi connectivity index (χ0n) is 8.56. The van der Waals surface area contributed by atoms with Crippen LogP contribution in [0.2, 0.25) is 0 Å². The highest BCUT2D eigenvalue weighted by molar-refractivity contribution is 5.79. The highest BCUT2D eigenvalue weighted by Gasteiger charge is 2.29. The molecule has 2 rings (SSSR count). The Balaban J connectivity index is 2.02. The van der Waals surface area contributed by atoms with Gasteiger partial charge in [-0.05, 0) is 19.1 Å². The van der Waals surface area contributed by atoms with Crippen LogP contribution in [0.4, 0.5) is 0 Å². The molecule has 0 spiro atoms. The molecule has 1 aliphatic heterocycles. The van der Waals surface area contributed by atoms with E-state index in [1.165, 1.54) is 0 Å². The van der Waals surface area contributed by atoms with Crippen molar-refractivity contribution in [3.63, 3.8) is 0 Å². The second-order valence-corrected chi connectivity index (χ2v) is 3.82. The minimum Gasteiger partial charge on any atom is -0.464 e. The number of furan rings is 1. The summed E-state index contributed by atoms with van der Waals surface area (Å²) >= 11 is 0. The van der Waals surface area contributed by atoms with Gasteiger partial charge in [-0.2, -0.15) is 5.26 Å². The van der Waals surface area contributed by atoms with Gasteiger partial charge in [-0.25, -0.2) is 0 Å². The molecular formula is C11H12N2O2. The van der Waals surface area contributed by atoms with Crippen LogP contribution in [0.25, 0.3) is 0 Å². The maximum Gasteiger partial charge on any atom is 0.224 e. The fraction of sp³-hybridized carbons (Fsp3) is 0.455. The van der Waals surface area contributed by atoms with Crippen LogP contribution in [0, 0.1) is 24.2 Å². The lowest BCUT2D eigenvalue weighted by Gasteiger charge is -2.13. The highest BCUT2D eigenvalue weighted by atomic mass is 16.3. The predicted molar refractivity (Wildman–Crippen MR) is 52.6 cm³/mol. The lowest BCUT2D eigenvalue weighted by molar-refractivity contribution is -0.128. The van der Waals surface area contributed by atoms with Gasteiger partial charge in [0, 0.05) is 13.0 Å². The number of nitriles is 1. The van der Waals surface area contributed by atoms with Crippen LogP contribution in [-0.4, -0.2) is 17.4 Å². The molecule has 1 unspecified atom stereocenters. The normalized spacial score (nSPS) is 20.7. The molecule has 1 aliphatic rings. The fourth-order valence-electron chi connectivity index (χ4n) is 1.77. The number of aryl methyl sites for hydroxylation is 1. The molecule has 1 atom stereocenters. The van der Waals surface area contributed by atoms with Gasteiger partial charge in [0.05, 0.1) is 18.5 Å². The average Bonchev–Trinajstić information content (AvgIpc) is 2.75. The first-order chi connectivity index (χ1) is 7.19. The third-order valence-corrected chi connectivity index (χ3v) is 2.54. The van der Waals surface area contributed by atoms with Gasteiger partial charge in [-0.15, -0.1) is 0 Å². The Kier molecular flexibility index (Phi) is 2.46. The minimum atomic E-state index is -0.159. The van der Waals surface area contributed by atoms with Crippen LogP contribution >= 0.6 is 0 Å². The van der Waals surface area contributed by atoms with Crippen molar-refractivity contribution in [2.75, 3.05) is 6.54 Å². The van der Waals surface area contributed by atoms with E-state index in [0.717, 1.165) is 11.5 Å². The van der Waals surface area contributed by atoms with Crippen molar-refractivity contribution in [1.29, 1.82) is 5.26 Å². The molecule has 1 amide bonds. The molecular weight excluding hydrogens is 192 g/mol. The standard InChI is InChI=1S/C11H12N2O2/c1-8-2-3-10(15-8)7-13-6-9(5-12)4-11(13)14/h2-3,9H,4,6-7H2,1H3. The van der Waals surface area contributed by atoms with Crippen molar-refractivity contribution in [2.45, 2.75) is 19.9 Å². The van der Waals surface area contributed by atoms with Gasteiger partial charge in [0.15, 0.2) is 0 Å². The maximum atomic E-state index is 11.5. The van der Waals surface area contributed by atoms with Gasteiger partial charge >= 0.3 is 0 Å². The second-order valence-electron chi connectivity index (χ2n) is 3.82. The Bertz CT molecular complexity index is 416. The monoisotopic (exact) mass is 204 g/mol. The van der Waals surface area contributed by atoms with E-state index in [4.69, 9.17) is 9.68 Å². The van der Waals surface area contributed by atoms with E-state index in [1.807, 2.05) is 19.1 Å². The topological polar surface area (TPSA) is 57.2 Å². The van der Waals surface area contributed by atoms with Crippen molar-refractivity contribution in [3.05, 3.63) is 23.7 Å². The van der Waals surface area contributed by atoms with Gasteiger partial charge in [-0.1, -0.05) is 0 Å². The molecule has 78 valence electrons. The van der Waals surface area contributed by atoms with Crippen molar-refractivity contribution >= 4 is 5.91 Å². The van der Waals surface area contributed by atoms with Gasteiger partial charge in [0.2, 0.25) is 5.91 Å². The zero-order chi connectivity index (χ0) is 10.8. The van der Waals surface area contributed by atoms with Crippen LogP contribution in [0.15, 0.2) is 16.5 Å². The van der Waals surface area contributed by atoms with Crippen LogP contribution in [-0.2, 0) is 11.3 Å². The Hall–Kier alpha value is -1.76. The molecule has 4 heteroatoms. The molecule has 0 aliphatic carbocycles. The lowest BCUT2D eigenvalue weighted by Crippen LogP contribution is -2.24. The smallest absolute Gasteiger partial charge is 0.224 e. The summed E-state index contributed by atoms with van der Waals surface area (Å²) in [6, 6.07) is 5.86. The summed E-state index contributed by atoms with van der Waals surface area (Å²) in [6.45, 7) is 2.87. The molecule has 0 bridgehead atoms. The second kappa shape index (κ2) is 3.77. The van der Waals surface area contributed by atoms with E-state index in [0.29, 0.717) is 19.5 Å². The number of carbonyl (C=O) groups is 1. The SMILES string of the molecule is Cc1ccc(CN2CC(C#N)CC2=O)o1. The van der Waals surface area contributed by atoms with E-state index >= 15 is 0 Å². The van der Waals surface area contributed by atoms with E-state index < -0.39 is 0 Å². The summed E-state index contributed by atoms with van der Waals surface area (Å²) in [5, 5.41) is 8.72. The first-order valence-electron chi connectivity index (χ1n) is 4.92. The summed E-state index contributed by atoms with van der Waals surface area (Å²) in [4.78, 5) is 13.2. The summed E-state index contributed by atoms with van der Waals surface area (Å²) in [6.07, 6.45) is 0.343. The number of amides is 1. The maximum absolute atomic E-state index is 11.5. The van der Waals surface area contributed by atoms with Crippen LogP contribution in [0.5, 0.6) is 0 Å². The third kappa shape index (κ3) is 2.01. The molecule has 15 heavy (non-hydrogen) atoms. The van der Waals surface area contributed by atoms with Crippen LogP contribution in [0.3, 0.4) is 0 Å². The number of likely N-dealkylation sites (tertiary alicyclic amines) is 1. The molecule has 1 fully saturated rings. The Labute approximate surface area is 88.1 Å². The fourth-order valence-corrected chi connectivity index (χ4v) is 1.77. The lowest BCUT2D eigenvalue weighted by atomic mass is 10.1. The first-order valence-corrected chi connectivity index (χ1v) is 4.92. The molecule has 1 saturated heterocycles. The summed E-state index contributed by atoms with van der Waals surface area (Å²) in [5.41, 5.74) is 0. The minimum absolute atomic E-state index is 0.0376. The Morgan fingerprint density at radius 2 is 2.47 bits per heavy atom. The number of hydrogen-bond donors (Lipinski definition) is 0. The van der Waals surface area contributed by atoms with Crippen LogP contribution < -0.4 is 0 Å². The van der Waals surface area contributed by atoms with E-state index in [9.17, 15) is 4.79 Å². The predicted octanol–water partition coefficient (Wildman–Crippen LogP) is 1.46. The van der Waals surface area contributed by atoms with Gasteiger partial charge in [-0.3, -0.25) is 4.79 Å². The first kappa shape index (κ1) is 9.78. The van der Waals surface area contributed by atoms with Crippen LogP contribution in [0.1, 0.15) is 17.9 Å². The van der Waals surface area contributed by atoms with Crippen molar-refractivity contribution < 1.29 is 9.21 Å². The third-order valence-electron chi connectivity index (χ3n) is 2.54. The summed E-state index contributed by atoms with van der Waals surface area (Å²) in [5.74, 6) is 1.50. The molecule has 4 nitrogen and oxygen atoms in total. The number of carbonyl (C=O) groups excluding carboxylic acids is 1.